The number of benzene rings is 1. The molecule has 0 unspecified atom stereocenters. The van der Waals surface area contributed by atoms with Crippen LogP contribution in [-0.2, 0) is 6.42 Å². The maximum Gasteiger partial charge on any atom is 0.251 e. The molecule has 0 bridgehead atoms. The Kier molecular flexibility index (Phi) is 5.58. The molecule has 3 rings (SSSR count). The molecule has 1 heterocycles. The van der Waals surface area contributed by atoms with E-state index in [2.05, 4.69) is 22.4 Å². The zero-order valence-electron chi connectivity index (χ0n) is 13.9. The first-order chi connectivity index (χ1) is 11.7. The van der Waals surface area contributed by atoms with Gasteiger partial charge in [0.25, 0.3) is 5.91 Å². The lowest BCUT2D eigenvalue weighted by Crippen LogP contribution is -2.38. The minimum absolute atomic E-state index is 0.0588. The molecule has 1 saturated carbocycles. The second kappa shape index (κ2) is 7.85. The maximum atomic E-state index is 12.5. The molecule has 0 radical (unpaired) electrons. The molecule has 1 aromatic carbocycles. The third kappa shape index (κ3) is 4.19. The highest BCUT2D eigenvalue weighted by Crippen LogP contribution is 2.25. The first-order valence-corrected chi connectivity index (χ1v) is 9.39. The fourth-order valence-electron chi connectivity index (χ4n) is 2.97. The van der Waals surface area contributed by atoms with E-state index in [4.69, 9.17) is 0 Å². The second-order valence-electron chi connectivity index (χ2n) is 6.31. The first kappa shape index (κ1) is 17.0. The van der Waals surface area contributed by atoms with E-state index in [0.29, 0.717) is 5.56 Å². The zero-order valence-corrected chi connectivity index (χ0v) is 14.7. The molecule has 0 saturated heterocycles. The Morgan fingerprint density at radius 2 is 2.08 bits per heavy atom. The van der Waals surface area contributed by atoms with E-state index in [-0.39, 0.29) is 18.1 Å². The van der Waals surface area contributed by atoms with Crippen LogP contribution in [0.4, 0.5) is 0 Å². The van der Waals surface area contributed by atoms with E-state index in [1.807, 2.05) is 24.3 Å². The summed E-state index contributed by atoms with van der Waals surface area (Å²) in [6.07, 6.45) is 4.97. The van der Waals surface area contributed by atoms with Gasteiger partial charge in [-0.3, -0.25) is 4.79 Å². The molecule has 1 amide bonds. The highest BCUT2D eigenvalue weighted by atomic mass is 32.1. The molecule has 6 heteroatoms. The molecule has 0 atom stereocenters. The fraction of sp³-hybridized carbons (Fsp3) is 0.500. The number of aromatic nitrogens is 2. The van der Waals surface area contributed by atoms with Crippen LogP contribution in [0.3, 0.4) is 0 Å². The smallest absolute Gasteiger partial charge is 0.251 e. The van der Waals surface area contributed by atoms with Gasteiger partial charge in [0.2, 0.25) is 0 Å². The lowest BCUT2D eigenvalue weighted by molar-refractivity contribution is 0.0867. The number of rotatable bonds is 5. The fourth-order valence-corrected chi connectivity index (χ4v) is 3.90. The Labute approximate surface area is 146 Å². The molecule has 1 aromatic heterocycles. The van der Waals surface area contributed by atoms with Crippen LogP contribution >= 0.6 is 11.3 Å². The van der Waals surface area contributed by atoms with Crippen molar-refractivity contribution in [2.24, 2.45) is 0 Å². The average Bonchev–Trinajstić information content (AvgIpc) is 3.06. The third-order valence-electron chi connectivity index (χ3n) is 4.33. The minimum atomic E-state index is -0.212. The van der Waals surface area contributed by atoms with Gasteiger partial charge < -0.3 is 10.4 Å². The van der Waals surface area contributed by atoms with Gasteiger partial charge in [-0.1, -0.05) is 30.4 Å². The molecule has 24 heavy (non-hydrogen) atoms. The van der Waals surface area contributed by atoms with Crippen molar-refractivity contribution in [1.82, 2.24) is 15.5 Å². The molecular weight excluding hydrogens is 322 g/mol. The van der Waals surface area contributed by atoms with E-state index >= 15 is 0 Å². The summed E-state index contributed by atoms with van der Waals surface area (Å²) in [5.41, 5.74) is 1.58. The molecular formula is C18H23N3O2S. The Morgan fingerprint density at radius 1 is 1.29 bits per heavy atom. The van der Waals surface area contributed by atoms with E-state index in [0.717, 1.165) is 54.1 Å². The van der Waals surface area contributed by atoms with Crippen LogP contribution in [0.5, 0.6) is 0 Å². The number of amides is 1. The summed E-state index contributed by atoms with van der Waals surface area (Å²) in [6.45, 7) is 2.12. The van der Waals surface area contributed by atoms with Gasteiger partial charge in [0.15, 0.2) is 0 Å². The van der Waals surface area contributed by atoms with Crippen LogP contribution in [0.2, 0.25) is 0 Å². The number of nitrogens with zero attached hydrogens (tertiary/aromatic N) is 2. The molecule has 1 aliphatic rings. The number of nitrogens with one attached hydrogen (secondary N) is 1. The van der Waals surface area contributed by atoms with E-state index in [1.165, 1.54) is 0 Å². The van der Waals surface area contributed by atoms with Crippen molar-refractivity contribution in [3.05, 3.63) is 34.8 Å². The number of hydrogen-bond donors (Lipinski definition) is 2. The second-order valence-corrected chi connectivity index (χ2v) is 7.37. The van der Waals surface area contributed by atoms with Gasteiger partial charge in [0, 0.05) is 23.6 Å². The first-order valence-electron chi connectivity index (χ1n) is 8.57. The summed E-state index contributed by atoms with van der Waals surface area (Å²) in [5.74, 6) is -0.0588. The third-order valence-corrected chi connectivity index (χ3v) is 5.37. The van der Waals surface area contributed by atoms with Crippen LogP contribution in [0.1, 0.15) is 54.4 Å². The van der Waals surface area contributed by atoms with Crippen molar-refractivity contribution in [2.75, 3.05) is 0 Å². The Morgan fingerprint density at radius 3 is 2.83 bits per heavy atom. The van der Waals surface area contributed by atoms with Crippen LogP contribution in [0.15, 0.2) is 24.3 Å². The highest BCUT2D eigenvalue weighted by molar-refractivity contribution is 7.14. The van der Waals surface area contributed by atoms with Gasteiger partial charge in [-0.05, 0) is 44.2 Å². The van der Waals surface area contributed by atoms with Gasteiger partial charge in [-0.25, -0.2) is 0 Å². The van der Waals surface area contributed by atoms with Crippen LogP contribution in [0.25, 0.3) is 10.6 Å². The molecule has 0 spiro atoms. The van der Waals surface area contributed by atoms with Gasteiger partial charge >= 0.3 is 0 Å². The van der Waals surface area contributed by atoms with E-state index in [9.17, 15) is 9.90 Å². The average molecular weight is 345 g/mol. The van der Waals surface area contributed by atoms with Crippen LogP contribution in [0, 0.1) is 0 Å². The van der Waals surface area contributed by atoms with Gasteiger partial charge in [-0.15, -0.1) is 10.2 Å². The SMILES string of the molecule is CCCc1nnc(-c2cccc(C(=O)NC3CCC(O)CC3)c2)s1. The van der Waals surface area contributed by atoms with Gasteiger partial charge in [0.1, 0.15) is 10.0 Å². The lowest BCUT2D eigenvalue weighted by Gasteiger charge is -2.26. The van der Waals surface area contributed by atoms with Crippen molar-refractivity contribution in [1.29, 1.82) is 0 Å². The van der Waals surface area contributed by atoms with Gasteiger partial charge in [-0.2, -0.15) is 0 Å². The molecule has 128 valence electrons. The zero-order chi connectivity index (χ0) is 16.9. The molecule has 2 aromatic rings. The van der Waals surface area contributed by atoms with Crippen molar-refractivity contribution in [2.45, 2.75) is 57.6 Å². The number of aliphatic hydroxyl groups excluding tert-OH is 1. The van der Waals surface area contributed by atoms with E-state index in [1.54, 1.807) is 11.3 Å². The highest BCUT2D eigenvalue weighted by Gasteiger charge is 2.21. The molecule has 1 fully saturated rings. The molecule has 1 aliphatic carbocycles. The summed E-state index contributed by atoms with van der Waals surface area (Å²) < 4.78 is 0. The summed E-state index contributed by atoms with van der Waals surface area (Å²) in [4.78, 5) is 12.5. The predicted molar refractivity (Wildman–Crippen MR) is 95.1 cm³/mol. The van der Waals surface area contributed by atoms with Gasteiger partial charge in [0.05, 0.1) is 6.10 Å². The monoisotopic (exact) mass is 345 g/mol. The van der Waals surface area contributed by atoms with Crippen molar-refractivity contribution >= 4 is 17.2 Å². The quantitative estimate of drug-likeness (QED) is 0.873. The predicted octanol–water partition coefficient (Wildman–Crippen LogP) is 3.19. The Bertz CT molecular complexity index is 693. The molecule has 2 N–H and O–H groups in total. The maximum absolute atomic E-state index is 12.5. The Balaban J connectivity index is 1.68. The minimum Gasteiger partial charge on any atom is -0.393 e. The van der Waals surface area contributed by atoms with Crippen LogP contribution < -0.4 is 5.32 Å². The topological polar surface area (TPSA) is 75.1 Å². The van der Waals surface area contributed by atoms with Crippen molar-refractivity contribution in [3.63, 3.8) is 0 Å². The van der Waals surface area contributed by atoms with Crippen molar-refractivity contribution < 1.29 is 9.90 Å². The summed E-state index contributed by atoms with van der Waals surface area (Å²) in [7, 11) is 0. The van der Waals surface area contributed by atoms with Crippen LogP contribution in [-0.4, -0.2) is 33.4 Å². The summed E-state index contributed by atoms with van der Waals surface area (Å²) >= 11 is 1.59. The molecule has 5 nitrogen and oxygen atoms in total. The molecule has 0 aliphatic heterocycles. The number of carbonyl (C=O) groups excluding carboxylic acids is 1. The summed E-state index contributed by atoms with van der Waals surface area (Å²) in [5, 5.41) is 23.0. The van der Waals surface area contributed by atoms with E-state index < -0.39 is 0 Å². The lowest BCUT2D eigenvalue weighted by atomic mass is 9.93. The number of hydrogen-bond acceptors (Lipinski definition) is 5. The normalized spacial score (nSPS) is 20.8. The number of carbonyl (C=O) groups is 1. The standard InChI is InChI=1S/C18H23N3O2S/c1-2-4-16-20-21-18(24-16)13-6-3-5-12(11-13)17(23)19-14-7-9-15(22)10-8-14/h3,5-6,11,14-15,22H,2,4,7-10H2,1H3,(H,19,23). The van der Waals surface area contributed by atoms with Crippen molar-refractivity contribution in [3.8, 4) is 10.6 Å². The summed E-state index contributed by atoms with van der Waals surface area (Å²) in [6, 6.07) is 7.70. The number of aryl methyl sites for hydroxylation is 1. The number of aliphatic hydroxyl groups is 1. The largest absolute Gasteiger partial charge is 0.393 e. The Hall–Kier alpha value is -1.79.